The van der Waals surface area contributed by atoms with Crippen molar-refractivity contribution in [1.82, 2.24) is 10.2 Å². The molecule has 1 aliphatic rings. The Balaban J connectivity index is 2.18. The lowest BCUT2D eigenvalue weighted by Gasteiger charge is -2.23. The van der Waals surface area contributed by atoms with E-state index in [1.54, 1.807) is 6.20 Å². The fraction of sp³-hybridized carbons (Fsp3) is 0.583. The van der Waals surface area contributed by atoms with Crippen LogP contribution < -0.4 is 10.6 Å². The van der Waals surface area contributed by atoms with Crippen molar-refractivity contribution in [2.45, 2.75) is 24.5 Å². The zero-order valence-corrected chi connectivity index (χ0v) is 12.1. The lowest BCUT2D eigenvalue weighted by atomic mass is 10.2. The van der Waals surface area contributed by atoms with E-state index in [1.165, 1.54) is 19.3 Å². The molecule has 0 aromatic carbocycles. The van der Waals surface area contributed by atoms with Crippen molar-refractivity contribution < 1.29 is 0 Å². The average Bonchev–Trinajstić information content (AvgIpc) is 2.63. The van der Waals surface area contributed by atoms with Crippen LogP contribution in [0.2, 0.25) is 0 Å². The Hall–Kier alpha value is -0.880. The molecule has 2 heterocycles. The lowest BCUT2D eigenvalue weighted by Crippen LogP contribution is -2.28. The topological polar surface area (TPSA) is 55.0 Å². The summed E-state index contributed by atoms with van der Waals surface area (Å²) < 4.78 is 0. The number of thiocarbonyl (C=S) groups is 1. The van der Waals surface area contributed by atoms with E-state index in [-0.39, 0.29) is 0 Å². The summed E-state index contributed by atoms with van der Waals surface area (Å²) in [6.45, 7) is 2.01. The molecule has 0 radical (unpaired) electrons. The molecule has 0 saturated carbocycles. The summed E-state index contributed by atoms with van der Waals surface area (Å²) in [5, 5.41) is 8.93. The lowest BCUT2D eigenvalue weighted by molar-refractivity contribution is 0.745. The zero-order chi connectivity index (χ0) is 13.0. The van der Waals surface area contributed by atoms with Gasteiger partial charge in [-0.25, -0.2) is 0 Å². The molecule has 0 aliphatic carbocycles. The van der Waals surface area contributed by atoms with Crippen LogP contribution in [0.25, 0.3) is 0 Å². The van der Waals surface area contributed by atoms with Gasteiger partial charge in [-0.3, -0.25) is 0 Å². The molecule has 1 fully saturated rings. The summed E-state index contributed by atoms with van der Waals surface area (Å²) in [6.07, 6.45) is 7.44. The first kappa shape index (κ1) is 13.5. The Morgan fingerprint density at radius 3 is 3.06 bits per heavy atom. The van der Waals surface area contributed by atoms with Crippen molar-refractivity contribution in [3.63, 3.8) is 0 Å². The van der Waals surface area contributed by atoms with E-state index < -0.39 is 0 Å². The van der Waals surface area contributed by atoms with E-state index >= 15 is 0 Å². The van der Waals surface area contributed by atoms with Gasteiger partial charge in [0.2, 0.25) is 0 Å². The third-order valence-corrected chi connectivity index (χ3v) is 4.63. The van der Waals surface area contributed by atoms with Gasteiger partial charge in [-0.2, -0.15) is 16.9 Å². The molecule has 6 heteroatoms. The van der Waals surface area contributed by atoms with Gasteiger partial charge in [-0.15, -0.1) is 5.10 Å². The SMILES string of the molecule is CSC1CCCN(c2nnccc2C(N)=S)CC1. The van der Waals surface area contributed by atoms with Crippen molar-refractivity contribution in [2.75, 3.05) is 24.2 Å². The summed E-state index contributed by atoms with van der Waals surface area (Å²) in [5.74, 6) is 0.840. The van der Waals surface area contributed by atoms with Gasteiger partial charge >= 0.3 is 0 Å². The summed E-state index contributed by atoms with van der Waals surface area (Å²) in [7, 11) is 0. The van der Waals surface area contributed by atoms with Gasteiger partial charge < -0.3 is 10.6 Å². The Kier molecular flexibility index (Phi) is 4.77. The monoisotopic (exact) mass is 282 g/mol. The normalized spacial score (nSPS) is 20.5. The van der Waals surface area contributed by atoms with Crippen LogP contribution in [-0.4, -0.2) is 39.8 Å². The first-order valence-corrected chi connectivity index (χ1v) is 7.81. The molecule has 18 heavy (non-hydrogen) atoms. The van der Waals surface area contributed by atoms with E-state index in [0.29, 0.717) is 4.99 Å². The van der Waals surface area contributed by atoms with E-state index in [0.717, 1.165) is 29.7 Å². The van der Waals surface area contributed by atoms with Crippen molar-refractivity contribution >= 4 is 34.8 Å². The average molecular weight is 282 g/mol. The molecule has 98 valence electrons. The molecule has 0 amide bonds. The second-order valence-corrected chi connectivity index (χ2v) is 5.99. The van der Waals surface area contributed by atoms with Gasteiger partial charge in [0.25, 0.3) is 0 Å². The van der Waals surface area contributed by atoms with Crippen LogP contribution >= 0.6 is 24.0 Å². The molecule has 2 rings (SSSR count). The van der Waals surface area contributed by atoms with E-state index in [1.807, 2.05) is 17.8 Å². The van der Waals surface area contributed by atoms with Gasteiger partial charge in [0.1, 0.15) is 4.99 Å². The molecular formula is C12H18N4S2. The number of nitrogens with two attached hydrogens (primary N) is 1. The fourth-order valence-corrected chi connectivity index (χ4v) is 3.17. The van der Waals surface area contributed by atoms with Crippen molar-refractivity contribution in [2.24, 2.45) is 5.73 Å². The van der Waals surface area contributed by atoms with Gasteiger partial charge in [0.05, 0.1) is 11.8 Å². The Labute approximate surface area is 117 Å². The molecule has 1 saturated heterocycles. The Morgan fingerprint density at radius 2 is 2.33 bits per heavy atom. The second kappa shape index (κ2) is 6.33. The highest BCUT2D eigenvalue weighted by Gasteiger charge is 2.20. The van der Waals surface area contributed by atoms with Gasteiger partial charge in [0.15, 0.2) is 5.82 Å². The first-order chi connectivity index (χ1) is 8.72. The number of hydrogen-bond donors (Lipinski definition) is 1. The minimum absolute atomic E-state index is 0.394. The largest absolute Gasteiger partial charge is 0.389 e. The summed E-state index contributed by atoms with van der Waals surface area (Å²) >= 11 is 7.03. The number of rotatable bonds is 3. The van der Waals surface area contributed by atoms with Crippen LogP contribution in [0.3, 0.4) is 0 Å². The number of aromatic nitrogens is 2. The number of nitrogens with zero attached hydrogens (tertiary/aromatic N) is 3. The Bertz CT molecular complexity index is 424. The van der Waals surface area contributed by atoms with Crippen LogP contribution in [0.4, 0.5) is 5.82 Å². The standard InChI is InChI=1S/C12H18N4S2/c1-18-9-3-2-7-16(8-5-9)12-10(11(13)17)4-6-14-15-12/h4,6,9H,2-3,5,7-8H2,1H3,(H2,13,17). The molecule has 1 aromatic heterocycles. The molecule has 1 unspecified atom stereocenters. The van der Waals surface area contributed by atoms with Crippen LogP contribution in [0.5, 0.6) is 0 Å². The molecule has 4 nitrogen and oxygen atoms in total. The second-order valence-electron chi connectivity index (χ2n) is 4.41. The van der Waals surface area contributed by atoms with Crippen molar-refractivity contribution in [3.05, 3.63) is 17.8 Å². The number of hydrogen-bond acceptors (Lipinski definition) is 5. The molecule has 1 aliphatic heterocycles. The third-order valence-electron chi connectivity index (χ3n) is 3.27. The quantitative estimate of drug-likeness (QED) is 0.854. The minimum atomic E-state index is 0.394. The van der Waals surface area contributed by atoms with Crippen molar-refractivity contribution in [1.29, 1.82) is 0 Å². The van der Waals surface area contributed by atoms with Gasteiger partial charge in [0, 0.05) is 18.3 Å². The van der Waals surface area contributed by atoms with Gasteiger partial charge in [-0.05, 0) is 31.6 Å². The minimum Gasteiger partial charge on any atom is -0.389 e. The number of anilines is 1. The van der Waals surface area contributed by atoms with E-state index in [9.17, 15) is 0 Å². The van der Waals surface area contributed by atoms with Crippen molar-refractivity contribution in [3.8, 4) is 0 Å². The predicted molar refractivity (Wildman–Crippen MR) is 81.3 cm³/mol. The molecule has 1 atom stereocenters. The molecule has 2 N–H and O–H groups in total. The highest BCUT2D eigenvalue weighted by Crippen LogP contribution is 2.25. The summed E-state index contributed by atoms with van der Waals surface area (Å²) in [6, 6.07) is 1.85. The fourth-order valence-electron chi connectivity index (χ4n) is 2.26. The maximum atomic E-state index is 5.75. The predicted octanol–water partition coefficient (Wildman–Crippen LogP) is 1.83. The van der Waals surface area contributed by atoms with E-state index in [4.69, 9.17) is 18.0 Å². The molecular weight excluding hydrogens is 264 g/mol. The first-order valence-electron chi connectivity index (χ1n) is 6.11. The molecule has 1 aromatic rings. The highest BCUT2D eigenvalue weighted by molar-refractivity contribution is 7.99. The smallest absolute Gasteiger partial charge is 0.161 e. The van der Waals surface area contributed by atoms with Gasteiger partial charge in [-0.1, -0.05) is 12.2 Å². The number of thioether (sulfide) groups is 1. The van der Waals surface area contributed by atoms with Crippen LogP contribution in [0.1, 0.15) is 24.8 Å². The molecule has 0 spiro atoms. The summed E-state index contributed by atoms with van der Waals surface area (Å²) in [5.41, 5.74) is 6.58. The maximum Gasteiger partial charge on any atom is 0.161 e. The van der Waals surface area contributed by atoms with Crippen LogP contribution in [0.15, 0.2) is 12.3 Å². The third kappa shape index (κ3) is 3.11. The maximum absolute atomic E-state index is 5.75. The van der Waals surface area contributed by atoms with E-state index in [2.05, 4.69) is 21.4 Å². The Morgan fingerprint density at radius 1 is 1.50 bits per heavy atom. The van der Waals surface area contributed by atoms with Crippen LogP contribution in [0, 0.1) is 0 Å². The summed E-state index contributed by atoms with van der Waals surface area (Å²) in [4.78, 5) is 2.66. The zero-order valence-electron chi connectivity index (χ0n) is 10.5. The van der Waals surface area contributed by atoms with Crippen LogP contribution in [-0.2, 0) is 0 Å². The highest BCUT2D eigenvalue weighted by atomic mass is 32.2. The molecule has 0 bridgehead atoms.